The summed E-state index contributed by atoms with van der Waals surface area (Å²) in [5.41, 5.74) is 1.75. The van der Waals surface area contributed by atoms with Gasteiger partial charge in [-0.05, 0) is 40.1 Å². The molecule has 0 atom stereocenters. The quantitative estimate of drug-likeness (QED) is 0.599. The van der Waals surface area contributed by atoms with Crippen molar-refractivity contribution in [1.29, 1.82) is 0 Å². The third-order valence-corrected chi connectivity index (χ3v) is 3.15. The second-order valence-corrected chi connectivity index (χ2v) is 4.21. The Morgan fingerprint density at radius 3 is 2.47 bits per heavy atom. The van der Waals surface area contributed by atoms with Gasteiger partial charge in [0.15, 0.2) is 0 Å². The highest BCUT2D eigenvalue weighted by molar-refractivity contribution is 9.08. The number of benzene rings is 2. The molecular weight excluding hydrogens is 275 g/mol. The smallest absolute Gasteiger partial charge is 0.252 e. The van der Waals surface area contributed by atoms with E-state index in [-0.39, 0.29) is 0 Å². The summed E-state index contributed by atoms with van der Waals surface area (Å²) in [7, 11) is 0. The lowest BCUT2D eigenvalue weighted by atomic mass is 10.1. The van der Waals surface area contributed by atoms with Gasteiger partial charge in [-0.3, -0.25) is 4.79 Å². The summed E-state index contributed by atoms with van der Waals surface area (Å²) in [6.07, 6.45) is 0. The Labute approximate surface area is 101 Å². The summed E-state index contributed by atoms with van der Waals surface area (Å²) in [6, 6.07) is 11.6. The second kappa shape index (κ2) is 4.33. The zero-order chi connectivity index (χ0) is 10.8. The highest BCUT2D eigenvalue weighted by Gasteiger charge is 2.02. The first-order valence-corrected chi connectivity index (χ1v) is 5.99. The van der Waals surface area contributed by atoms with Gasteiger partial charge in [0.2, 0.25) is 0 Å². The van der Waals surface area contributed by atoms with Crippen molar-refractivity contribution >= 4 is 43.5 Å². The lowest BCUT2D eigenvalue weighted by Gasteiger charge is -2.02. The monoisotopic (exact) mass is 282 g/mol. The number of fused-ring (bicyclic) bond motifs is 1. The molecule has 0 aliphatic rings. The molecule has 0 radical (unpaired) electrons. The van der Waals surface area contributed by atoms with E-state index in [0.29, 0.717) is 5.56 Å². The van der Waals surface area contributed by atoms with Gasteiger partial charge >= 0.3 is 0 Å². The van der Waals surface area contributed by atoms with Crippen LogP contribution in [0.2, 0.25) is 0 Å². The SMILES string of the molecule is O=C(Cl)c1ccc2cc(CBr)ccc2c1. The first-order valence-electron chi connectivity index (χ1n) is 4.49. The number of hydrogen-bond acceptors (Lipinski definition) is 1. The molecule has 0 spiro atoms. The summed E-state index contributed by atoms with van der Waals surface area (Å²) in [5.74, 6) is 0. The summed E-state index contributed by atoms with van der Waals surface area (Å²) < 4.78 is 0. The van der Waals surface area contributed by atoms with Crippen LogP contribution in [0, 0.1) is 0 Å². The topological polar surface area (TPSA) is 17.1 Å². The molecule has 0 aliphatic heterocycles. The third kappa shape index (κ3) is 2.21. The van der Waals surface area contributed by atoms with Crippen LogP contribution in [0.5, 0.6) is 0 Å². The molecule has 3 heteroatoms. The zero-order valence-corrected chi connectivity index (χ0v) is 10.2. The van der Waals surface area contributed by atoms with Crippen LogP contribution in [0.3, 0.4) is 0 Å². The van der Waals surface area contributed by atoms with Gasteiger partial charge in [-0.2, -0.15) is 0 Å². The Morgan fingerprint density at radius 1 is 1.13 bits per heavy atom. The van der Waals surface area contributed by atoms with E-state index in [1.54, 1.807) is 6.07 Å². The Kier molecular flexibility index (Phi) is 3.08. The molecule has 0 saturated heterocycles. The maximum Gasteiger partial charge on any atom is 0.252 e. The predicted molar refractivity (Wildman–Crippen MR) is 66.8 cm³/mol. The first-order chi connectivity index (χ1) is 7.20. The molecule has 2 aromatic carbocycles. The first kappa shape index (κ1) is 10.7. The fourth-order valence-corrected chi connectivity index (χ4v) is 1.97. The minimum Gasteiger partial charge on any atom is -0.276 e. The van der Waals surface area contributed by atoms with Crippen molar-refractivity contribution in [3.8, 4) is 0 Å². The Hall–Kier alpha value is -0.860. The van der Waals surface area contributed by atoms with E-state index >= 15 is 0 Å². The molecule has 0 fully saturated rings. The Morgan fingerprint density at radius 2 is 1.80 bits per heavy atom. The van der Waals surface area contributed by atoms with Crippen molar-refractivity contribution in [1.82, 2.24) is 0 Å². The van der Waals surface area contributed by atoms with E-state index < -0.39 is 5.24 Å². The van der Waals surface area contributed by atoms with Crippen LogP contribution < -0.4 is 0 Å². The molecule has 0 aliphatic carbocycles. The average Bonchev–Trinajstić information content (AvgIpc) is 2.27. The summed E-state index contributed by atoms with van der Waals surface area (Å²) in [6.45, 7) is 0. The molecule has 0 bridgehead atoms. The van der Waals surface area contributed by atoms with Crippen molar-refractivity contribution in [2.75, 3.05) is 0 Å². The molecule has 15 heavy (non-hydrogen) atoms. The second-order valence-electron chi connectivity index (χ2n) is 3.30. The third-order valence-electron chi connectivity index (χ3n) is 2.29. The number of alkyl halides is 1. The van der Waals surface area contributed by atoms with E-state index in [9.17, 15) is 4.79 Å². The predicted octanol–water partition coefficient (Wildman–Crippen LogP) is 4.11. The number of hydrogen-bond donors (Lipinski definition) is 0. The largest absolute Gasteiger partial charge is 0.276 e. The Balaban J connectivity index is 2.59. The molecular formula is C12H8BrClO. The summed E-state index contributed by atoms with van der Waals surface area (Å²) >= 11 is 8.82. The van der Waals surface area contributed by atoms with Gasteiger partial charge < -0.3 is 0 Å². The van der Waals surface area contributed by atoms with Crippen LogP contribution >= 0.6 is 27.5 Å². The Bertz CT molecular complexity index is 522. The van der Waals surface area contributed by atoms with Crippen molar-refractivity contribution in [2.45, 2.75) is 5.33 Å². The van der Waals surface area contributed by atoms with Crippen LogP contribution in [-0.4, -0.2) is 5.24 Å². The number of carbonyl (C=O) groups is 1. The molecule has 76 valence electrons. The van der Waals surface area contributed by atoms with Gasteiger partial charge in [-0.1, -0.05) is 40.2 Å². The van der Waals surface area contributed by atoms with Crippen molar-refractivity contribution in [3.05, 3.63) is 47.5 Å². The van der Waals surface area contributed by atoms with Gasteiger partial charge in [0.05, 0.1) is 0 Å². The minimum absolute atomic E-state index is 0.415. The van der Waals surface area contributed by atoms with E-state index in [1.165, 1.54) is 5.56 Å². The molecule has 0 amide bonds. The number of carbonyl (C=O) groups excluding carboxylic acids is 1. The van der Waals surface area contributed by atoms with E-state index in [4.69, 9.17) is 11.6 Å². The van der Waals surface area contributed by atoms with Crippen LogP contribution in [0.15, 0.2) is 36.4 Å². The molecule has 0 saturated carbocycles. The van der Waals surface area contributed by atoms with Crippen molar-refractivity contribution < 1.29 is 4.79 Å². The van der Waals surface area contributed by atoms with E-state index in [0.717, 1.165) is 16.1 Å². The van der Waals surface area contributed by atoms with Gasteiger partial charge in [-0.25, -0.2) is 0 Å². The highest BCUT2D eigenvalue weighted by Crippen LogP contribution is 2.20. The molecule has 2 rings (SSSR count). The maximum atomic E-state index is 11.0. The molecule has 2 aromatic rings. The summed E-state index contributed by atoms with van der Waals surface area (Å²) in [5, 5.41) is 2.57. The maximum absolute atomic E-state index is 11.0. The summed E-state index contributed by atoms with van der Waals surface area (Å²) in [4.78, 5) is 11.0. The fraction of sp³-hybridized carbons (Fsp3) is 0.0833. The standard InChI is InChI=1S/C12H8BrClO/c13-7-8-1-2-10-6-11(12(14)15)4-3-9(10)5-8/h1-6H,7H2. The molecule has 0 heterocycles. The van der Waals surface area contributed by atoms with E-state index in [2.05, 4.69) is 22.0 Å². The lowest BCUT2D eigenvalue weighted by molar-refractivity contribution is 0.108. The average molecular weight is 284 g/mol. The zero-order valence-electron chi connectivity index (χ0n) is 7.84. The van der Waals surface area contributed by atoms with Gasteiger partial charge in [0.1, 0.15) is 0 Å². The fourth-order valence-electron chi connectivity index (χ4n) is 1.50. The molecule has 1 nitrogen and oxygen atoms in total. The lowest BCUT2D eigenvalue weighted by Crippen LogP contribution is -1.88. The van der Waals surface area contributed by atoms with Crippen LogP contribution in [0.25, 0.3) is 10.8 Å². The number of halogens is 2. The minimum atomic E-state index is -0.415. The molecule has 0 N–H and O–H groups in total. The van der Waals surface area contributed by atoms with Crippen LogP contribution in [0.4, 0.5) is 0 Å². The molecule has 0 unspecified atom stereocenters. The van der Waals surface area contributed by atoms with Crippen LogP contribution in [-0.2, 0) is 5.33 Å². The highest BCUT2D eigenvalue weighted by atomic mass is 79.9. The van der Waals surface area contributed by atoms with E-state index in [1.807, 2.05) is 24.3 Å². The number of rotatable bonds is 2. The van der Waals surface area contributed by atoms with Gasteiger partial charge in [-0.15, -0.1) is 0 Å². The van der Waals surface area contributed by atoms with Crippen molar-refractivity contribution in [3.63, 3.8) is 0 Å². The van der Waals surface area contributed by atoms with Crippen LogP contribution in [0.1, 0.15) is 15.9 Å². The van der Waals surface area contributed by atoms with Gasteiger partial charge in [0, 0.05) is 10.9 Å². The van der Waals surface area contributed by atoms with Gasteiger partial charge in [0.25, 0.3) is 5.24 Å². The molecule has 0 aromatic heterocycles. The normalized spacial score (nSPS) is 10.5. The van der Waals surface area contributed by atoms with Crippen molar-refractivity contribution in [2.24, 2.45) is 0 Å².